The average molecular weight is 315 g/mol. The topological polar surface area (TPSA) is 49.3 Å². The molecule has 0 aliphatic carbocycles. The number of hydrogen-bond donors (Lipinski definition) is 2. The van der Waals surface area contributed by atoms with Crippen LogP contribution in [0.15, 0.2) is 24.3 Å². The minimum absolute atomic E-state index is 0.710. The summed E-state index contributed by atoms with van der Waals surface area (Å²) >= 11 is 2.28. The van der Waals surface area contributed by atoms with Gasteiger partial charge in [0.1, 0.15) is 0 Å². The molecule has 4 heteroatoms. The normalized spacial score (nSPS) is 17.0. The van der Waals surface area contributed by atoms with Gasteiger partial charge >= 0.3 is 5.97 Å². The molecule has 1 aromatic carbocycles. The highest BCUT2D eigenvalue weighted by molar-refractivity contribution is 14.1. The number of carboxylic acids is 1. The minimum Gasteiger partial charge on any atom is -0.478 e. The van der Waals surface area contributed by atoms with E-state index in [0.717, 1.165) is 18.5 Å². The Kier molecular flexibility index (Phi) is 2.95. The lowest BCUT2D eigenvalue weighted by Crippen LogP contribution is -2.24. The molecule has 0 saturated carbocycles. The molecule has 0 bridgehead atoms. The van der Waals surface area contributed by atoms with Gasteiger partial charge in [-0.15, -0.1) is 0 Å². The Morgan fingerprint density at radius 3 is 3.07 bits per heavy atom. The quantitative estimate of drug-likeness (QED) is 0.614. The second kappa shape index (κ2) is 4.22. The van der Waals surface area contributed by atoms with E-state index in [1.165, 1.54) is 15.2 Å². The molecule has 15 heavy (non-hydrogen) atoms. The van der Waals surface area contributed by atoms with Crippen LogP contribution >= 0.6 is 22.6 Å². The van der Waals surface area contributed by atoms with Gasteiger partial charge in [0, 0.05) is 27.5 Å². The van der Waals surface area contributed by atoms with E-state index in [0.29, 0.717) is 5.70 Å². The number of halogens is 1. The minimum atomic E-state index is -0.913. The third kappa shape index (κ3) is 2.14. The molecule has 2 N–H and O–H groups in total. The molecule has 0 fully saturated rings. The third-order valence-corrected chi connectivity index (χ3v) is 3.38. The van der Waals surface area contributed by atoms with Crippen molar-refractivity contribution in [1.29, 1.82) is 0 Å². The predicted octanol–water partition coefficient (Wildman–Crippen LogP) is 1.86. The van der Waals surface area contributed by atoms with Crippen LogP contribution in [0.4, 0.5) is 0 Å². The molecule has 3 nitrogen and oxygen atoms in total. The Balaban J connectivity index is 2.52. The zero-order valence-corrected chi connectivity index (χ0v) is 10.1. The van der Waals surface area contributed by atoms with E-state index < -0.39 is 5.97 Å². The first-order valence-corrected chi connectivity index (χ1v) is 5.72. The number of rotatable bonds is 1. The van der Waals surface area contributed by atoms with Crippen LogP contribution in [0.1, 0.15) is 11.1 Å². The highest BCUT2D eigenvalue weighted by atomic mass is 127. The van der Waals surface area contributed by atoms with Crippen molar-refractivity contribution >= 4 is 34.3 Å². The number of carbonyl (C=O) groups is 1. The summed E-state index contributed by atoms with van der Waals surface area (Å²) < 4.78 is 1.20. The average Bonchev–Trinajstić information content (AvgIpc) is 2.19. The molecule has 0 atom stereocenters. The lowest BCUT2D eigenvalue weighted by atomic mass is 9.98. The van der Waals surface area contributed by atoms with Crippen molar-refractivity contribution in [3.05, 3.63) is 39.0 Å². The molecule has 1 heterocycles. The SMILES string of the molecule is O=C(O)C=C1NCCc2c(I)cccc21. The van der Waals surface area contributed by atoms with Crippen molar-refractivity contribution in [2.45, 2.75) is 6.42 Å². The molecule has 78 valence electrons. The summed E-state index contributed by atoms with van der Waals surface area (Å²) in [6.07, 6.45) is 2.18. The van der Waals surface area contributed by atoms with Crippen molar-refractivity contribution in [1.82, 2.24) is 5.32 Å². The summed E-state index contributed by atoms with van der Waals surface area (Å²) in [5.74, 6) is -0.913. The first-order chi connectivity index (χ1) is 7.18. The van der Waals surface area contributed by atoms with Gasteiger partial charge < -0.3 is 10.4 Å². The maximum Gasteiger partial charge on any atom is 0.330 e. The largest absolute Gasteiger partial charge is 0.478 e. The highest BCUT2D eigenvalue weighted by Crippen LogP contribution is 2.25. The molecule has 2 rings (SSSR count). The number of benzene rings is 1. The van der Waals surface area contributed by atoms with E-state index in [1.54, 1.807) is 0 Å². The van der Waals surface area contributed by atoms with E-state index in [9.17, 15) is 4.79 Å². The maximum atomic E-state index is 10.6. The van der Waals surface area contributed by atoms with Gasteiger partial charge in [0.25, 0.3) is 0 Å². The van der Waals surface area contributed by atoms with Crippen LogP contribution < -0.4 is 5.32 Å². The maximum absolute atomic E-state index is 10.6. The summed E-state index contributed by atoms with van der Waals surface area (Å²) in [4.78, 5) is 10.6. The molecule has 0 spiro atoms. The van der Waals surface area contributed by atoms with E-state index in [-0.39, 0.29) is 0 Å². The van der Waals surface area contributed by atoms with Crippen LogP contribution in [0.2, 0.25) is 0 Å². The van der Waals surface area contributed by atoms with Gasteiger partial charge in [0.2, 0.25) is 0 Å². The summed E-state index contributed by atoms with van der Waals surface area (Å²) in [6.45, 7) is 0.798. The van der Waals surface area contributed by atoms with E-state index in [4.69, 9.17) is 5.11 Å². The van der Waals surface area contributed by atoms with Gasteiger partial charge in [0.05, 0.1) is 0 Å². The lowest BCUT2D eigenvalue weighted by Gasteiger charge is -2.21. The number of fused-ring (bicyclic) bond motifs is 1. The summed E-state index contributed by atoms with van der Waals surface area (Å²) in [5.41, 5.74) is 2.96. The van der Waals surface area contributed by atoms with Crippen LogP contribution in [0.25, 0.3) is 5.70 Å². The smallest absolute Gasteiger partial charge is 0.330 e. The fourth-order valence-electron chi connectivity index (χ4n) is 1.73. The lowest BCUT2D eigenvalue weighted by molar-refractivity contribution is -0.131. The standard InChI is InChI=1S/C11H10INO2/c12-9-3-1-2-8-7(9)4-5-13-10(8)6-11(14)15/h1-3,6,13H,4-5H2,(H,14,15). The van der Waals surface area contributed by atoms with Gasteiger partial charge in [0.15, 0.2) is 0 Å². The molecule has 0 saturated heterocycles. The summed E-state index contributed by atoms with van der Waals surface area (Å²) in [6, 6.07) is 5.95. The Bertz CT molecular complexity index is 440. The summed E-state index contributed by atoms with van der Waals surface area (Å²) in [7, 11) is 0. The van der Waals surface area contributed by atoms with Crippen molar-refractivity contribution in [2.24, 2.45) is 0 Å². The fourth-order valence-corrected chi connectivity index (χ4v) is 2.50. The Morgan fingerprint density at radius 2 is 2.33 bits per heavy atom. The van der Waals surface area contributed by atoms with E-state index in [2.05, 4.69) is 27.9 Å². The van der Waals surface area contributed by atoms with Crippen molar-refractivity contribution in [2.75, 3.05) is 6.54 Å². The molecule has 0 unspecified atom stereocenters. The number of hydrogen-bond acceptors (Lipinski definition) is 2. The molecule has 0 radical (unpaired) electrons. The van der Waals surface area contributed by atoms with Gasteiger partial charge in [-0.1, -0.05) is 12.1 Å². The molecular formula is C11H10INO2. The zero-order chi connectivity index (χ0) is 10.8. The first kappa shape index (κ1) is 10.5. The Morgan fingerprint density at radius 1 is 1.53 bits per heavy atom. The van der Waals surface area contributed by atoms with Crippen molar-refractivity contribution in [3.63, 3.8) is 0 Å². The third-order valence-electron chi connectivity index (χ3n) is 2.37. The zero-order valence-electron chi connectivity index (χ0n) is 7.96. The van der Waals surface area contributed by atoms with Crippen LogP contribution in [-0.4, -0.2) is 17.6 Å². The van der Waals surface area contributed by atoms with Crippen molar-refractivity contribution < 1.29 is 9.90 Å². The van der Waals surface area contributed by atoms with Gasteiger partial charge in [-0.3, -0.25) is 0 Å². The molecule has 1 aliphatic rings. The summed E-state index contributed by atoms with van der Waals surface area (Å²) in [5, 5.41) is 11.9. The second-order valence-electron chi connectivity index (χ2n) is 3.34. The number of aliphatic carboxylic acids is 1. The number of carboxylic acid groups (broad SMARTS) is 1. The molecule has 0 aromatic heterocycles. The Hall–Kier alpha value is -1.04. The van der Waals surface area contributed by atoms with Gasteiger partial charge in [-0.05, 0) is 40.6 Å². The van der Waals surface area contributed by atoms with Crippen LogP contribution in [0, 0.1) is 3.57 Å². The molecule has 1 aliphatic heterocycles. The highest BCUT2D eigenvalue weighted by Gasteiger charge is 2.15. The molecule has 0 amide bonds. The number of nitrogens with one attached hydrogen (secondary N) is 1. The van der Waals surface area contributed by atoms with Crippen molar-refractivity contribution in [3.8, 4) is 0 Å². The Labute approximate surface area is 101 Å². The first-order valence-electron chi connectivity index (χ1n) is 4.65. The molecule has 1 aromatic rings. The molecular weight excluding hydrogens is 305 g/mol. The van der Waals surface area contributed by atoms with Crippen LogP contribution in [0.3, 0.4) is 0 Å². The monoisotopic (exact) mass is 315 g/mol. The van der Waals surface area contributed by atoms with Gasteiger partial charge in [-0.2, -0.15) is 0 Å². The van der Waals surface area contributed by atoms with Crippen LogP contribution in [-0.2, 0) is 11.2 Å². The van der Waals surface area contributed by atoms with E-state index in [1.807, 2.05) is 18.2 Å². The predicted molar refractivity (Wildman–Crippen MR) is 66.5 cm³/mol. The van der Waals surface area contributed by atoms with E-state index >= 15 is 0 Å². The van der Waals surface area contributed by atoms with Gasteiger partial charge in [-0.25, -0.2) is 4.79 Å². The second-order valence-corrected chi connectivity index (χ2v) is 4.50. The van der Waals surface area contributed by atoms with Crippen LogP contribution in [0.5, 0.6) is 0 Å². The fraction of sp³-hybridized carbons (Fsp3) is 0.182.